The maximum Gasteiger partial charge on any atom is 0.529 e. The number of nitrogens with one attached hydrogen (secondary N) is 1. The predicted molar refractivity (Wildman–Crippen MR) is 66.4 cm³/mol. The molecule has 0 aliphatic rings. The van der Waals surface area contributed by atoms with E-state index in [1.807, 2.05) is 4.74 Å². The van der Waals surface area contributed by atoms with Crippen molar-refractivity contribution in [3.63, 3.8) is 0 Å². The normalized spacial score (nSPS) is 14.4. The number of rotatable bonds is 12. The zero-order valence-electron chi connectivity index (χ0n) is 14.3. The first-order valence-corrected chi connectivity index (χ1v) is 6.98. The standard InChI is InChI=1S/C11H13F11N2O5/c1-24(2)5-3-4-23-6(25)7(12,13)26-9(17,18)28-11(21,22)29-10(19,20)27-8(14,15)16/h3-5H2,1-2H3,(H,23,25). The van der Waals surface area contributed by atoms with E-state index in [0.717, 1.165) is 0 Å². The lowest BCUT2D eigenvalue weighted by Gasteiger charge is -2.27. The summed E-state index contributed by atoms with van der Waals surface area (Å²) in [5, 5.41) is 1.41. The second-order valence-electron chi connectivity index (χ2n) is 5.17. The van der Waals surface area contributed by atoms with Gasteiger partial charge in [-0.25, -0.2) is 14.2 Å². The topological polar surface area (TPSA) is 69.3 Å². The zero-order valence-corrected chi connectivity index (χ0v) is 14.3. The average molecular weight is 462 g/mol. The molecule has 0 aromatic heterocycles. The third-order valence-electron chi connectivity index (χ3n) is 2.29. The van der Waals surface area contributed by atoms with E-state index in [9.17, 15) is 53.1 Å². The molecule has 1 amide bonds. The van der Waals surface area contributed by atoms with Gasteiger partial charge in [0.2, 0.25) is 0 Å². The van der Waals surface area contributed by atoms with Crippen molar-refractivity contribution in [1.29, 1.82) is 0 Å². The van der Waals surface area contributed by atoms with Crippen LogP contribution in [-0.2, 0) is 23.7 Å². The summed E-state index contributed by atoms with van der Waals surface area (Å²) in [6, 6.07) is 0. The lowest BCUT2D eigenvalue weighted by molar-refractivity contribution is -0.607. The van der Waals surface area contributed by atoms with Crippen LogP contribution in [0.15, 0.2) is 0 Å². The van der Waals surface area contributed by atoms with Crippen molar-refractivity contribution in [1.82, 2.24) is 10.2 Å². The largest absolute Gasteiger partial charge is 0.529 e. The molecule has 0 radical (unpaired) electrons. The fourth-order valence-corrected chi connectivity index (χ4v) is 1.37. The van der Waals surface area contributed by atoms with Crippen molar-refractivity contribution in [2.24, 2.45) is 0 Å². The fraction of sp³-hybridized carbons (Fsp3) is 0.909. The lowest BCUT2D eigenvalue weighted by atomic mass is 10.4. The Labute approximate surface area is 154 Å². The highest BCUT2D eigenvalue weighted by Gasteiger charge is 2.60. The Kier molecular flexibility index (Phi) is 9.05. The summed E-state index contributed by atoms with van der Waals surface area (Å²) < 4.78 is 146. The molecule has 0 atom stereocenters. The molecule has 0 aliphatic heterocycles. The minimum absolute atomic E-state index is 0.0575. The van der Waals surface area contributed by atoms with Crippen LogP contribution in [0.25, 0.3) is 0 Å². The molecule has 0 aromatic rings. The Balaban J connectivity index is 4.90. The molecule has 0 saturated heterocycles. The first kappa shape index (κ1) is 27.5. The third-order valence-corrected chi connectivity index (χ3v) is 2.29. The van der Waals surface area contributed by atoms with Crippen LogP contribution in [0.4, 0.5) is 48.3 Å². The third kappa shape index (κ3) is 12.6. The molecule has 0 unspecified atom stereocenters. The van der Waals surface area contributed by atoms with E-state index >= 15 is 0 Å². The predicted octanol–water partition coefficient (Wildman–Crippen LogP) is 2.88. The SMILES string of the molecule is CN(C)CCCNC(=O)C(F)(F)OC(F)(F)OC(F)(F)OC(F)(F)OC(F)(F)F. The molecule has 0 aliphatic carbocycles. The molecule has 0 bridgehead atoms. The first-order chi connectivity index (χ1) is 12.7. The van der Waals surface area contributed by atoms with Crippen LogP contribution < -0.4 is 5.32 Å². The number of carbonyl (C=O) groups is 1. The summed E-state index contributed by atoms with van der Waals surface area (Å²) in [5.74, 6) is -2.53. The maximum absolute atomic E-state index is 13.2. The second kappa shape index (κ2) is 9.54. The van der Waals surface area contributed by atoms with Crippen LogP contribution in [0.3, 0.4) is 0 Å². The summed E-state index contributed by atoms with van der Waals surface area (Å²) in [5.41, 5.74) is 0. The van der Waals surface area contributed by atoms with Crippen molar-refractivity contribution in [3.8, 4) is 0 Å². The van der Waals surface area contributed by atoms with Gasteiger partial charge in [0.1, 0.15) is 0 Å². The Bertz CT molecular complexity index is 542. The lowest BCUT2D eigenvalue weighted by Crippen LogP contribution is -2.50. The highest BCUT2D eigenvalue weighted by atomic mass is 19.4. The van der Waals surface area contributed by atoms with Gasteiger partial charge in [-0.1, -0.05) is 0 Å². The van der Waals surface area contributed by atoms with Gasteiger partial charge < -0.3 is 10.2 Å². The van der Waals surface area contributed by atoms with Crippen molar-refractivity contribution in [2.45, 2.75) is 37.8 Å². The summed E-state index contributed by atoms with van der Waals surface area (Å²) in [7, 11) is 3.14. The van der Waals surface area contributed by atoms with Crippen molar-refractivity contribution < 1.29 is 72.0 Å². The molecule has 174 valence electrons. The van der Waals surface area contributed by atoms with Gasteiger partial charge in [0.05, 0.1) is 0 Å². The van der Waals surface area contributed by atoms with Crippen LogP contribution >= 0.6 is 0 Å². The molecule has 7 nitrogen and oxygen atoms in total. The number of hydrogen-bond donors (Lipinski definition) is 1. The maximum atomic E-state index is 13.2. The number of hydrogen-bond acceptors (Lipinski definition) is 6. The Morgan fingerprint density at radius 2 is 1.17 bits per heavy atom. The van der Waals surface area contributed by atoms with Crippen LogP contribution in [-0.4, -0.2) is 69.3 Å². The van der Waals surface area contributed by atoms with E-state index in [2.05, 4.69) is 9.47 Å². The van der Waals surface area contributed by atoms with Crippen molar-refractivity contribution in [2.75, 3.05) is 27.2 Å². The van der Waals surface area contributed by atoms with Crippen molar-refractivity contribution >= 4 is 5.91 Å². The van der Waals surface area contributed by atoms with Gasteiger partial charge >= 0.3 is 37.3 Å². The van der Waals surface area contributed by atoms with Gasteiger partial charge in [-0.05, 0) is 27.1 Å². The van der Waals surface area contributed by atoms with Crippen LogP contribution in [0.1, 0.15) is 6.42 Å². The molecule has 29 heavy (non-hydrogen) atoms. The van der Waals surface area contributed by atoms with E-state index in [0.29, 0.717) is 0 Å². The Morgan fingerprint density at radius 1 is 0.759 bits per heavy atom. The molecule has 0 fully saturated rings. The quantitative estimate of drug-likeness (QED) is 0.274. The highest BCUT2D eigenvalue weighted by Crippen LogP contribution is 2.38. The number of amides is 1. The Morgan fingerprint density at radius 3 is 1.59 bits per heavy atom. The minimum atomic E-state index is -6.34. The van der Waals surface area contributed by atoms with Gasteiger partial charge in [-0.15, -0.1) is 39.5 Å². The first-order valence-electron chi connectivity index (χ1n) is 6.98. The summed E-state index contributed by atoms with van der Waals surface area (Å²) in [6.07, 6.45) is -30.5. The Hall–Kier alpha value is -1.50. The minimum Gasteiger partial charge on any atom is -0.348 e. The second-order valence-corrected chi connectivity index (χ2v) is 5.17. The molecule has 1 N–H and O–H groups in total. The summed E-state index contributed by atoms with van der Waals surface area (Å²) in [6.45, 7) is -0.216. The van der Waals surface area contributed by atoms with E-state index in [4.69, 9.17) is 0 Å². The van der Waals surface area contributed by atoms with E-state index in [-0.39, 0.29) is 13.0 Å². The highest BCUT2D eigenvalue weighted by molar-refractivity contribution is 5.81. The van der Waals surface area contributed by atoms with Gasteiger partial charge in [0.25, 0.3) is 0 Å². The number of ether oxygens (including phenoxy) is 4. The van der Waals surface area contributed by atoms with E-state index in [1.54, 1.807) is 23.7 Å². The summed E-state index contributed by atoms with van der Waals surface area (Å²) in [4.78, 5) is 12.6. The van der Waals surface area contributed by atoms with E-state index < -0.39 is 43.8 Å². The molecule has 0 spiro atoms. The monoisotopic (exact) mass is 462 g/mol. The van der Waals surface area contributed by atoms with E-state index in [1.165, 1.54) is 5.32 Å². The molecule has 0 rings (SSSR count). The average Bonchev–Trinajstić information content (AvgIpc) is 2.35. The molecular weight excluding hydrogens is 449 g/mol. The van der Waals surface area contributed by atoms with Crippen LogP contribution in [0.5, 0.6) is 0 Å². The molecule has 0 heterocycles. The number of halogens is 11. The molecule has 0 saturated carbocycles. The van der Waals surface area contributed by atoms with Crippen LogP contribution in [0.2, 0.25) is 0 Å². The summed E-state index contributed by atoms with van der Waals surface area (Å²) >= 11 is 0. The molecule has 18 heteroatoms. The van der Waals surface area contributed by atoms with Crippen molar-refractivity contribution in [3.05, 3.63) is 0 Å². The van der Waals surface area contributed by atoms with Gasteiger partial charge in [0, 0.05) is 6.54 Å². The van der Waals surface area contributed by atoms with Crippen LogP contribution in [0, 0.1) is 0 Å². The molecule has 0 aromatic carbocycles. The number of alkyl halides is 11. The van der Waals surface area contributed by atoms with Gasteiger partial charge in [0.15, 0.2) is 0 Å². The zero-order chi connectivity index (χ0) is 23.3. The van der Waals surface area contributed by atoms with Gasteiger partial charge in [-0.3, -0.25) is 4.79 Å². The number of nitrogens with zero attached hydrogens (tertiary/aromatic N) is 1. The fourth-order valence-electron chi connectivity index (χ4n) is 1.37. The van der Waals surface area contributed by atoms with Gasteiger partial charge in [-0.2, -0.15) is 13.5 Å². The molecular formula is C11H13F11N2O5. The number of carbonyl (C=O) groups excluding carboxylic acids is 1. The smallest absolute Gasteiger partial charge is 0.348 e.